The van der Waals surface area contributed by atoms with Crippen molar-refractivity contribution in [2.45, 2.75) is 25.1 Å². The maximum absolute atomic E-state index is 11.1. The van der Waals surface area contributed by atoms with Gasteiger partial charge in [0.15, 0.2) is 11.5 Å². The molecule has 0 fully saturated rings. The minimum atomic E-state index is -0.796. The molecule has 0 saturated heterocycles. The molecule has 5 heteroatoms. The van der Waals surface area contributed by atoms with Crippen LogP contribution in [0, 0.1) is 0 Å². The van der Waals surface area contributed by atoms with Gasteiger partial charge < -0.3 is 15.5 Å². The number of phenols is 2. The van der Waals surface area contributed by atoms with E-state index in [-0.39, 0.29) is 16.7 Å². The molecule has 0 bridgehead atoms. The van der Waals surface area contributed by atoms with Crippen molar-refractivity contribution in [1.82, 2.24) is 5.32 Å². The zero-order valence-corrected chi connectivity index (χ0v) is 11.0. The molecule has 2 unspecified atom stereocenters. The summed E-state index contributed by atoms with van der Waals surface area (Å²) in [6.45, 7) is 3.17. The molecule has 0 amide bonds. The molecule has 0 aliphatic heterocycles. The van der Waals surface area contributed by atoms with Crippen LogP contribution in [0.4, 0.5) is 0 Å². The highest BCUT2D eigenvalue weighted by Gasteiger charge is 2.07. The van der Waals surface area contributed by atoms with Gasteiger partial charge in [0.05, 0.1) is 0 Å². The quantitative estimate of drug-likeness (QED) is 0.531. The molecular formula is C12H19NO3S. The number of rotatable bonds is 6. The normalized spacial score (nSPS) is 14.5. The van der Waals surface area contributed by atoms with Crippen LogP contribution in [0.3, 0.4) is 0 Å². The molecule has 4 nitrogen and oxygen atoms in total. The molecule has 1 rings (SSSR count). The van der Waals surface area contributed by atoms with Crippen LogP contribution in [0.25, 0.3) is 0 Å². The summed E-state index contributed by atoms with van der Waals surface area (Å²) in [5.41, 5.74) is 0.662. The van der Waals surface area contributed by atoms with E-state index in [4.69, 9.17) is 0 Å². The Bertz CT molecular complexity index is 395. The fourth-order valence-corrected chi connectivity index (χ4v) is 1.86. The van der Waals surface area contributed by atoms with E-state index in [9.17, 15) is 14.4 Å². The lowest BCUT2D eigenvalue weighted by Crippen LogP contribution is -2.20. The zero-order valence-electron chi connectivity index (χ0n) is 10.1. The van der Waals surface area contributed by atoms with Crippen LogP contribution < -0.4 is 5.32 Å². The first-order chi connectivity index (χ1) is 8.02. The van der Waals surface area contributed by atoms with E-state index in [1.807, 2.05) is 6.92 Å². The maximum atomic E-state index is 11.1. The summed E-state index contributed by atoms with van der Waals surface area (Å²) < 4.78 is 11.1. The number of nitrogens with one attached hydrogen (secondary N) is 1. The summed E-state index contributed by atoms with van der Waals surface area (Å²) in [7, 11) is -0.796. The van der Waals surface area contributed by atoms with Crippen LogP contribution >= 0.6 is 0 Å². The molecule has 1 aromatic carbocycles. The number of aromatic hydroxyl groups is 2. The van der Waals surface area contributed by atoms with Gasteiger partial charge in [0.25, 0.3) is 0 Å². The zero-order chi connectivity index (χ0) is 12.8. The summed E-state index contributed by atoms with van der Waals surface area (Å²) in [4.78, 5) is 0. The van der Waals surface area contributed by atoms with Crippen molar-refractivity contribution < 1.29 is 14.4 Å². The predicted molar refractivity (Wildman–Crippen MR) is 69.6 cm³/mol. The number of phenolic OH excluding ortho intramolecular Hbond substituents is 2. The molecule has 3 N–H and O–H groups in total. The molecule has 17 heavy (non-hydrogen) atoms. The van der Waals surface area contributed by atoms with Crippen molar-refractivity contribution in [2.24, 2.45) is 0 Å². The predicted octanol–water partition coefficient (Wildman–Crippen LogP) is 1.34. The molecule has 0 aliphatic rings. The maximum Gasteiger partial charge on any atom is 0.161 e. The van der Waals surface area contributed by atoms with Crippen LogP contribution in [0.1, 0.15) is 18.9 Å². The topological polar surface area (TPSA) is 69.6 Å². The smallest absolute Gasteiger partial charge is 0.161 e. The van der Waals surface area contributed by atoms with Crippen molar-refractivity contribution in [3.63, 3.8) is 0 Å². The van der Waals surface area contributed by atoms with E-state index < -0.39 is 10.8 Å². The minimum Gasteiger partial charge on any atom is -0.504 e. The van der Waals surface area contributed by atoms with E-state index in [1.54, 1.807) is 18.4 Å². The lowest BCUT2D eigenvalue weighted by atomic mass is 10.2. The van der Waals surface area contributed by atoms with E-state index >= 15 is 0 Å². The van der Waals surface area contributed by atoms with Crippen LogP contribution in [-0.4, -0.2) is 32.5 Å². The van der Waals surface area contributed by atoms with E-state index in [2.05, 4.69) is 5.32 Å². The monoisotopic (exact) mass is 257 g/mol. The second-order valence-corrected chi connectivity index (χ2v) is 5.86. The van der Waals surface area contributed by atoms with Crippen molar-refractivity contribution in [3.8, 4) is 11.5 Å². The standard InChI is InChI=1S/C12H19NO3S/c1-9(17(2)16)6-7-13-8-10-4-3-5-11(14)12(10)15/h3-5,9,13-15H,6-8H2,1-2H3. The first-order valence-electron chi connectivity index (χ1n) is 5.55. The Labute approximate surface area is 104 Å². The van der Waals surface area contributed by atoms with Crippen molar-refractivity contribution in [3.05, 3.63) is 23.8 Å². The lowest BCUT2D eigenvalue weighted by molar-refractivity contribution is 0.397. The molecule has 0 heterocycles. The first kappa shape index (κ1) is 14.0. The second kappa shape index (κ2) is 6.61. The summed E-state index contributed by atoms with van der Waals surface area (Å²) in [5, 5.41) is 22.2. The highest BCUT2D eigenvalue weighted by Crippen LogP contribution is 2.27. The van der Waals surface area contributed by atoms with Gasteiger partial charge >= 0.3 is 0 Å². The molecule has 0 aromatic heterocycles. The number of benzene rings is 1. The molecule has 0 spiro atoms. The van der Waals surface area contributed by atoms with E-state index in [0.717, 1.165) is 13.0 Å². The van der Waals surface area contributed by atoms with Gasteiger partial charge in [0.2, 0.25) is 0 Å². The summed E-state index contributed by atoms with van der Waals surface area (Å²) >= 11 is 0. The average Bonchev–Trinajstić information content (AvgIpc) is 2.29. The minimum absolute atomic E-state index is 0.0767. The van der Waals surface area contributed by atoms with Gasteiger partial charge in [-0.05, 0) is 19.0 Å². The van der Waals surface area contributed by atoms with Gasteiger partial charge in [-0.1, -0.05) is 19.1 Å². The highest BCUT2D eigenvalue weighted by atomic mass is 32.2. The van der Waals surface area contributed by atoms with Crippen molar-refractivity contribution in [1.29, 1.82) is 0 Å². The summed E-state index contributed by atoms with van der Waals surface area (Å²) in [5.74, 6) is -0.181. The Hall–Kier alpha value is -1.07. The fourth-order valence-electron chi connectivity index (χ4n) is 1.41. The molecule has 1 aromatic rings. The van der Waals surface area contributed by atoms with Crippen LogP contribution in [0.2, 0.25) is 0 Å². The number of hydrogen-bond acceptors (Lipinski definition) is 4. The fraction of sp³-hybridized carbons (Fsp3) is 0.500. The summed E-state index contributed by atoms with van der Waals surface area (Å²) in [6, 6.07) is 4.89. The van der Waals surface area contributed by atoms with Crippen LogP contribution in [0.15, 0.2) is 18.2 Å². The summed E-state index contributed by atoms with van der Waals surface area (Å²) in [6.07, 6.45) is 2.52. The Balaban J connectivity index is 2.36. The molecule has 0 radical (unpaired) electrons. The molecule has 0 saturated carbocycles. The molecule has 96 valence electrons. The largest absolute Gasteiger partial charge is 0.504 e. The van der Waals surface area contributed by atoms with Gasteiger partial charge in [-0.2, -0.15) is 0 Å². The highest BCUT2D eigenvalue weighted by molar-refractivity contribution is 7.84. The molecular weight excluding hydrogens is 238 g/mol. The van der Waals surface area contributed by atoms with Crippen molar-refractivity contribution in [2.75, 3.05) is 12.8 Å². The third kappa shape index (κ3) is 4.36. The van der Waals surface area contributed by atoms with Crippen LogP contribution in [-0.2, 0) is 17.3 Å². The van der Waals surface area contributed by atoms with Crippen molar-refractivity contribution >= 4 is 10.8 Å². The molecule has 0 aliphatic carbocycles. The van der Waals surface area contributed by atoms with E-state index in [0.29, 0.717) is 12.1 Å². The Morgan fingerprint density at radius 2 is 2.12 bits per heavy atom. The van der Waals surface area contributed by atoms with Crippen LogP contribution in [0.5, 0.6) is 11.5 Å². The Kier molecular flexibility index (Phi) is 5.44. The number of para-hydroxylation sites is 1. The first-order valence-corrected chi connectivity index (χ1v) is 7.17. The SMILES string of the molecule is CC(CCNCc1cccc(O)c1O)S(C)=O. The third-order valence-electron chi connectivity index (χ3n) is 2.71. The second-order valence-electron chi connectivity index (χ2n) is 4.06. The van der Waals surface area contributed by atoms with E-state index in [1.165, 1.54) is 6.07 Å². The number of hydrogen-bond donors (Lipinski definition) is 3. The van der Waals surface area contributed by atoms with Gasteiger partial charge in [0.1, 0.15) is 0 Å². The van der Waals surface area contributed by atoms with Gasteiger partial charge in [-0.3, -0.25) is 4.21 Å². The average molecular weight is 257 g/mol. The Morgan fingerprint density at radius 1 is 1.41 bits per heavy atom. The van der Waals surface area contributed by atoms with Gasteiger partial charge in [-0.25, -0.2) is 0 Å². The lowest BCUT2D eigenvalue weighted by Gasteiger charge is -2.10. The van der Waals surface area contributed by atoms with Gasteiger partial charge in [-0.15, -0.1) is 0 Å². The van der Waals surface area contributed by atoms with Gasteiger partial charge in [0, 0.05) is 34.4 Å². The third-order valence-corrected chi connectivity index (χ3v) is 4.08. The Morgan fingerprint density at radius 3 is 2.76 bits per heavy atom. The molecule has 2 atom stereocenters.